The van der Waals surface area contributed by atoms with Gasteiger partial charge in [0.2, 0.25) is 0 Å². The van der Waals surface area contributed by atoms with E-state index in [2.05, 4.69) is 0 Å². The minimum Gasteiger partial charge on any atom is -0.508 e. The number of phenolic OH excluding ortho intramolecular Hbond substituents is 14. The highest BCUT2D eigenvalue weighted by atomic mass is 16.7. The van der Waals surface area contributed by atoms with Crippen molar-refractivity contribution in [2.75, 3.05) is 0 Å². The molecular weight excluding hydrogens is 977 g/mol. The largest absolute Gasteiger partial charge is 0.508 e. The van der Waals surface area contributed by atoms with Crippen LogP contribution in [0, 0.1) is 0 Å². The summed E-state index contributed by atoms with van der Waals surface area (Å²) in [5.41, 5.74) is -2.06. The summed E-state index contributed by atoms with van der Waals surface area (Å²) in [6, 6.07) is 15.5. The molecule has 0 aromatic heterocycles. The predicted octanol–water partition coefficient (Wildman–Crippen LogP) is 5.22. The van der Waals surface area contributed by atoms with Gasteiger partial charge in [0.05, 0.1) is 23.5 Å². The standard InChI is InChI=1S/C52H40O22/c53-21-12-30(61)38-36(13-21)73-52(20-3-6-25(56)29(60)11-20)50(72-51(69)19-9-33(64)44(67)34(65)10-19)43(38)41-37(74-52)16-32(63)40-42(45(68)47(71-49(40)41)18-2-5-24(55)28(59)8-18)39-31(62)15-26(57)22-14-35(66)46(70-48(22)39)17-1-4-23(54)27(58)7-17/h1-13,15-16,35,42-43,45-47,50,53-68H,14H2/t35-,42-,43-,45-,46-,47-,50-,52+/m1/s1. The Balaban J connectivity index is 1.20. The second kappa shape index (κ2) is 16.4. The lowest BCUT2D eigenvalue weighted by Gasteiger charge is -2.52. The average Bonchev–Trinajstić information content (AvgIpc) is 3.35. The lowest BCUT2D eigenvalue weighted by Crippen LogP contribution is -2.59. The monoisotopic (exact) mass is 1020 g/mol. The molecule has 16 N–H and O–H groups in total. The minimum atomic E-state index is -2.58. The molecule has 0 fully saturated rings. The van der Waals surface area contributed by atoms with Crippen LogP contribution in [0.3, 0.4) is 0 Å². The molecule has 2 bridgehead atoms. The van der Waals surface area contributed by atoms with Crippen molar-refractivity contribution < 1.29 is 110 Å². The zero-order chi connectivity index (χ0) is 52.6. The fraction of sp³-hybridized carbons (Fsp3) is 0.173. The number of carbonyl (C=O) groups is 1. The van der Waals surface area contributed by atoms with Crippen LogP contribution in [0.25, 0.3) is 0 Å². The van der Waals surface area contributed by atoms with E-state index in [4.69, 9.17) is 23.7 Å². The minimum absolute atomic E-state index is 0.0535. The lowest BCUT2D eigenvalue weighted by atomic mass is 9.71. The molecule has 0 spiro atoms. The van der Waals surface area contributed by atoms with E-state index in [1.54, 1.807) is 0 Å². The second-order valence-corrected chi connectivity index (χ2v) is 18.1. The highest BCUT2D eigenvalue weighted by Gasteiger charge is 2.63. The fourth-order valence-corrected chi connectivity index (χ4v) is 10.3. The molecule has 4 heterocycles. The van der Waals surface area contributed by atoms with Crippen LogP contribution in [0.5, 0.6) is 103 Å². The van der Waals surface area contributed by atoms with Gasteiger partial charge in [0.15, 0.2) is 64.0 Å². The first kappa shape index (κ1) is 46.7. The summed E-state index contributed by atoms with van der Waals surface area (Å²) in [6.45, 7) is 0. The number of hydrogen-bond acceptors (Lipinski definition) is 22. The molecule has 74 heavy (non-hydrogen) atoms. The predicted molar refractivity (Wildman–Crippen MR) is 247 cm³/mol. The van der Waals surface area contributed by atoms with E-state index >= 15 is 0 Å². The van der Waals surface area contributed by atoms with E-state index in [9.17, 15) is 86.5 Å². The molecule has 0 radical (unpaired) electrons. The Hall–Kier alpha value is -9.67. The van der Waals surface area contributed by atoms with Crippen LogP contribution in [0.2, 0.25) is 0 Å². The van der Waals surface area contributed by atoms with Crippen molar-refractivity contribution in [2.24, 2.45) is 0 Å². The molecule has 0 unspecified atom stereocenters. The normalized spacial score (nSPS) is 23.0. The molecule has 22 nitrogen and oxygen atoms in total. The number of aromatic hydroxyl groups is 14. The van der Waals surface area contributed by atoms with Gasteiger partial charge in [-0.3, -0.25) is 0 Å². The summed E-state index contributed by atoms with van der Waals surface area (Å²) in [5, 5.41) is 177. The van der Waals surface area contributed by atoms with Gasteiger partial charge >= 0.3 is 11.8 Å². The third-order valence-corrected chi connectivity index (χ3v) is 13.7. The summed E-state index contributed by atoms with van der Waals surface area (Å²) in [7, 11) is 0. The second-order valence-electron chi connectivity index (χ2n) is 18.1. The van der Waals surface area contributed by atoms with Crippen LogP contribution in [-0.2, 0) is 16.9 Å². The Kier molecular flexibility index (Phi) is 10.4. The zero-order valence-electron chi connectivity index (χ0n) is 37.5. The molecular formula is C52H40O22. The Labute approximate surface area is 414 Å². The van der Waals surface area contributed by atoms with Gasteiger partial charge in [-0.25, -0.2) is 4.79 Å². The third-order valence-electron chi connectivity index (χ3n) is 13.7. The average molecular weight is 1020 g/mol. The molecule has 11 rings (SSSR count). The van der Waals surface area contributed by atoms with Gasteiger partial charge in [-0.05, 0) is 65.7 Å². The Morgan fingerprint density at radius 1 is 0.486 bits per heavy atom. The summed E-state index contributed by atoms with van der Waals surface area (Å²) in [5.74, 6) is -18.9. The molecule has 4 aliphatic heterocycles. The highest BCUT2D eigenvalue weighted by molar-refractivity contribution is 5.91. The Bertz CT molecular complexity index is 3520. The molecule has 7 aromatic carbocycles. The van der Waals surface area contributed by atoms with Crippen LogP contribution >= 0.6 is 0 Å². The van der Waals surface area contributed by atoms with Crippen molar-refractivity contribution in [3.8, 4) is 103 Å². The molecule has 7 aromatic rings. The van der Waals surface area contributed by atoms with Crippen molar-refractivity contribution in [1.82, 2.24) is 0 Å². The number of hydrogen-bond donors (Lipinski definition) is 16. The van der Waals surface area contributed by atoms with Crippen LogP contribution < -0.4 is 18.9 Å². The maximum absolute atomic E-state index is 14.4. The van der Waals surface area contributed by atoms with Crippen LogP contribution in [0.1, 0.15) is 78.9 Å². The van der Waals surface area contributed by atoms with Gasteiger partial charge in [0.1, 0.15) is 64.0 Å². The molecule has 0 saturated carbocycles. The first-order valence-corrected chi connectivity index (χ1v) is 22.3. The van der Waals surface area contributed by atoms with Crippen LogP contribution in [-0.4, -0.2) is 106 Å². The number of carbonyl (C=O) groups excluding carboxylic acids is 1. The maximum Gasteiger partial charge on any atom is 0.339 e. The molecule has 4 aliphatic rings. The first-order valence-electron chi connectivity index (χ1n) is 22.3. The SMILES string of the molecule is O=C(O[C@@H]1[C@@H]2c3c(O)cc(O)cc3O[C@@]1(c1ccc(O)c(O)c1)Oc1cc(O)c3c(c12)O[C@H](c1ccc(O)c(O)c1)[C@H](O)[C@@H]3c1c(O)cc(O)c2c1O[C@H](c1ccc(O)c(O)c1)[C@H](O)C2)c1cc(O)c(O)c(O)c1. The number of phenols is 14. The molecule has 8 atom stereocenters. The van der Waals surface area contributed by atoms with Gasteiger partial charge in [-0.1, -0.05) is 12.1 Å². The van der Waals surface area contributed by atoms with Gasteiger partial charge in [-0.15, -0.1) is 0 Å². The quantitative estimate of drug-likeness (QED) is 0.0749. The van der Waals surface area contributed by atoms with E-state index in [0.29, 0.717) is 0 Å². The Morgan fingerprint density at radius 3 is 1.65 bits per heavy atom. The zero-order valence-corrected chi connectivity index (χ0v) is 37.5. The summed E-state index contributed by atoms with van der Waals surface area (Å²) >= 11 is 0. The van der Waals surface area contributed by atoms with Crippen LogP contribution in [0.15, 0.2) is 91.0 Å². The third kappa shape index (κ3) is 6.98. The number of benzene rings is 7. The van der Waals surface area contributed by atoms with E-state index < -0.39 is 146 Å². The van der Waals surface area contributed by atoms with Gasteiger partial charge in [0.25, 0.3) is 0 Å². The number of ether oxygens (including phenoxy) is 5. The van der Waals surface area contributed by atoms with Gasteiger partial charge in [0, 0.05) is 64.1 Å². The number of aliphatic hydroxyl groups excluding tert-OH is 2. The summed E-state index contributed by atoms with van der Waals surface area (Å²) in [4.78, 5) is 14.4. The van der Waals surface area contributed by atoms with Crippen molar-refractivity contribution in [2.45, 2.75) is 54.6 Å². The molecule has 0 saturated heterocycles. The van der Waals surface area contributed by atoms with E-state index in [1.165, 1.54) is 18.2 Å². The number of rotatable bonds is 6. The van der Waals surface area contributed by atoms with Crippen molar-refractivity contribution in [3.05, 3.63) is 141 Å². The molecule has 380 valence electrons. The van der Waals surface area contributed by atoms with E-state index in [0.717, 1.165) is 72.8 Å². The van der Waals surface area contributed by atoms with E-state index in [1.807, 2.05) is 0 Å². The Morgan fingerprint density at radius 2 is 1.03 bits per heavy atom. The molecule has 0 amide bonds. The lowest BCUT2D eigenvalue weighted by molar-refractivity contribution is -0.219. The highest BCUT2D eigenvalue weighted by Crippen LogP contribution is 2.66. The van der Waals surface area contributed by atoms with Gasteiger partial charge < -0.3 is 105 Å². The molecule has 0 aliphatic carbocycles. The number of esters is 1. The summed E-state index contributed by atoms with van der Waals surface area (Å²) < 4.78 is 32.5. The number of fused-ring (bicyclic) bond motifs is 9. The van der Waals surface area contributed by atoms with Crippen molar-refractivity contribution in [3.63, 3.8) is 0 Å². The molecule has 22 heteroatoms. The van der Waals surface area contributed by atoms with Crippen molar-refractivity contribution in [1.29, 1.82) is 0 Å². The van der Waals surface area contributed by atoms with E-state index in [-0.39, 0.29) is 68.2 Å². The van der Waals surface area contributed by atoms with Crippen LogP contribution in [0.4, 0.5) is 0 Å². The number of aliphatic hydroxyl groups is 2. The summed E-state index contributed by atoms with van der Waals surface area (Å²) in [6.07, 6.45) is -8.91. The first-order chi connectivity index (χ1) is 35.1. The topological polar surface area (TPSA) is 387 Å². The smallest absolute Gasteiger partial charge is 0.339 e. The van der Waals surface area contributed by atoms with Crippen molar-refractivity contribution >= 4 is 5.97 Å². The maximum atomic E-state index is 14.4. The fourth-order valence-electron chi connectivity index (χ4n) is 10.3. The van der Waals surface area contributed by atoms with Gasteiger partial charge in [-0.2, -0.15) is 0 Å².